The molecule has 0 nitrogen and oxygen atoms in total. The van der Waals surface area contributed by atoms with Gasteiger partial charge in [-0.05, 0) is 61.8 Å². The fourth-order valence-corrected chi connectivity index (χ4v) is 2.21. The molecule has 0 fully saturated rings. The highest BCUT2D eigenvalue weighted by atomic mass is 14.1. The summed E-state index contributed by atoms with van der Waals surface area (Å²) in [6.45, 7) is 4.45. The van der Waals surface area contributed by atoms with E-state index >= 15 is 0 Å². The van der Waals surface area contributed by atoms with Crippen LogP contribution in [0.3, 0.4) is 0 Å². The van der Waals surface area contributed by atoms with E-state index in [1.165, 1.54) is 43.2 Å². The first kappa shape index (κ1) is 8.80. The average Bonchev–Trinajstić information content (AvgIpc) is 2.31. The lowest BCUT2D eigenvalue weighted by atomic mass is 9.97. The van der Waals surface area contributed by atoms with Crippen LogP contribution in [0.1, 0.15) is 41.5 Å². The first-order valence-electron chi connectivity index (χ1n) is 5.36. The Bertz CT molecular complexity index is 279. The Hall–Kier alpha value is -0.780. The van der Waals surface area contributed by atoms with Gasteiger partial charge in [-0.1, -0.05) is 18.6 Å². The zero-order chi connectivity index (χ0) is 9.26. The molecular weight excluding hydrogens is 156 g/mol. The Kier molecular flexibility index (Phi) is 2.39. The average molecular weight is 174 g/mol. The van der Waals surface area contributed by atoms with Crippen molar-refractivity contribution in [1.29, 1.82) is 0 Å². The number of aryl methyl sites for hydroxylation is 4. The van der Waals surface area contributed by atoms with E-state index in [0.29, 0.717) is 0 Å². The topological polar surface area (TPSA) is 0 Å². The number of benzene rings is 1. The summed E-state index contributed by atoms with van der Waals surface area (Å²) in [7, 11) is 0. The molecule has 1 aromatic rings. The van der Waals surface area contributed by atoms with Gasteiger partial charge in [0.25, 0.3) is 0 Å². The number of hydrogen-bond donors (Lipinski definition) is 0. The van der Waals surface area contributed by atoms with Crippen molar-refractivity contribution in [2.24, 2.45) is 0 Å². The lowest BCUT2D eigenvalue weighted by Gasteiger charge is -2.09. The van der Waals surface area contributed by atoms with Crippen molar-refractivity contribution in [1.82, 2.24) is 0 Å². The molecule has 2 rings (SSSR count). The molecule has 0 aliphatic heterocycles. The van der Waals surface area contributed by atoms with Gasteiger partial charge in [-0.15, -0.1) is 0 Å². The molecule has 0 heteroatoms. The molecule has 0 saturated carbocycles. The highest BCUT2D eigenvalue weighted by Gasteiger charge is 2.08. The smallest absolute Gasteiger partial charge is 0.0276 e. The Morgan fingerprint density at radius 3 is 1.69 bits per heavy atom. The van der Waals surface area contributed by atoms with Gasteiger partial charge >= 0.3 is 0 Å². The summed E-state index contributed by atoms with van der Waals surface area (Å²) >= 11 is 0. The number of fused-ring (bicyclic) bond motifs is 1. The number of rotatable bonds is 0. The monoisotopic (exact) mass is 174 g/mol. The molecule has 1 aromatic carbocycles. The van der Waals surface area contributed by atoms with Crippen LogP contribution in [0.2, 0.25) is 0 Å². The van der Waals surface area contributed by atoms with Crippen LogP contribution in [-0.4, -0.2) is 0 Å². The third-order valence-corrected chi connectivity index (χ3v) is 3.21. The van der Waals surface area contributed by atoms with Crippen LogP contribution in [0.4, 0.5) is 0 Å². The van der Waals surface area contributed by atoms with E-state index in [4.69, 9.17) is 0 Å². The third kappa shape index (κ3) is 1.77. The summed E-state index contributed by atoms with van der Waals surface area (Å²) < 4.78 is 0. The van der Waals surface area contributed by atoms with Crippen LogP contribution in [-0.2, 0) is 12.8 Å². The Balaban J connectivity index is 2.43. The molecule has 70 valence electrons. The molecule has 1 aliphatic rings. The maximum absolute atomic E-state index is 2.40. The second-order valence-electron chi connectivity index (χ2n) is 4.27. The molecule has 0 aromatic heterocycles. The molecule has 0 amide bonds. The molecule has 0 radical (unpaired) electrons. The minimum absolute atomic E-state index is 1.30. The van der Waals surface area contributed by atoms with Crippen molar-refractivity contribution in [2.45, 2.75) is 46.0 Å². The standard InChI is InChI=1S/C13H18/c1-10-8-12-6-4-3-5-7-13(12)9-11(10)2/h8-9H,3-7H2,1-2H3. The molecule has 0 unspecified atom stereocenters. The van der Waals surface area contributed by atoms with Crippen molar-refractivity contribution in [3.8, 4) is 0 Å². The van der Waals surface area contributed by atoms with E-state index in [2.05, 4.69) is 26.0 Å². The van der Waals surface area contributed by atoms with Crippen LogP contribution in [0.5, 0.6) is 0 Å². The van der Waals surface area contributed by atoms with Gasteiger partial charge in [0.2, 0.25) is 0 Å². The molecule has 0 spiro atoms. The maximum atomic E-state index is 2.40. The summed E-state index contributed by atoms with van der Waals surface area (Å²) in [5, 5.41) is 0. The van der Waals surface area contributed by atoms with Crippen molar-refractivity contribution >= 4 is 0 Å². The molecule has 0 heterocycles. The van der Waals surface area contributed by atoms with Gasteiger partial charge in [0.1, 0.15) is 0 Å². The summed E-state index contributed by atoms with van der Waals surface area (Å²) in [5.74, 6) is 0. The molecule has 0 bridgehead atoms. The highest BCUT2D eigenvalue weighted by Crippen LogP contribution is 2.23. The molecule has 0 atom stereocenters. The highest BCUT2D eigenvalue weighted by molar-refractivity contribution is 5.37. The van der Waals surface area contributed by atoms with E-state index in [0.717, 1.165) is 0 Å². The predicted molar refractivity (Wildman–Crippen MR) is 57.2 cm³/mol. The lowest BCUT2D eigenvalue weighted by Crippen LogP contribution is -1.94. The van der Waals surface area contributed by atoms with Crippen molar-refractivity contribution < 1.29 is 0 Å². The van der Waals surface area contributed by atoms with Crippen molar-refractivity contribution in [3.63, 3.8) is 0 Å². The summed E-state index contributed by atoms with van der Waals surface area (Å²) in [6.07, 6.45) is 6.78. The Morgan fingerprint density at radius 2 is 1.23 bits per heavy atom. The zero-order valence-electron chi connectivity index (χ0n) is 8.69. The van der Waals surface area contributed by atoms with Crippen LogP contribution in [0.15, 0.2) is 12.1 Å². The van der Waals surface area contributed by atoms with Crippen LogP contribution in [0.25, 0.3) is 0 Å². The molecule has 0 saturated heterocycles. The summed E-state index contributed by atoms with van der Waals surface area (Å²) in [6, 6.07) is 4.80. The molecule has 0 N–H and O–H groups in total. The first-order chi connectivity index (χ1) is 6.27. The lowest BCUT2D eigenvalue weighted by molar-refractivity contribution is 0.711. The minimum Gasteiger partial charge on any atom is -0.0556 e. The van der Waals surface area contributed by atoms with Crippen LogP contribution < -0.4 is 0 Å². The van der Waals surface area contributed by atoms with Gasteiger partial charge in [-0.2, -0.15) is 0 Å². The van der Waals surface area contributed by atoms with Gasteiger partial charge in [0, 0.05) is 0 Å². The SMILES string of the molecule is Cc1cc2c(cc1C)CCCCC2. The molecule has 13 heavy (non-hydrogen) atoms. The zero-order valence-corrected chi connectivity index (χ0v) is 8.69. The molecular formula is C13H18. The van der Waals surface area contributed by atoms with Gasteiger partial charge in [-0.25, -0.2) is 0 Å². The van der Waals surface area contributed by atoms with Crippen LogP contribution in [0, 0.1) is 13.8 Å². The predicted octanol–water partition coefficient (Wildman–Crippen LogP) is 3.57. The van der Waals surface area contributed by atoms with Crippen molar-refractivity contribution in [2.75, 3.05) is 0 Å². The normalized spacial score (nSPS) is 16.5. The first-order valence-corrected chi connectivity index (χ1v) is 5.36. The second-order valence-corrected chi connectivity index (χ2v) is 4.27. The fraction of sp³-hybridized carbons (Fsp3) is 0.538. The Labute approximate surface area is 81.0 Å². The van der Waals surface area contributed by atoms with Crippen molar-refractivity contribution in [3.05, 3.63) is 34.4 Å². The van der Waals surface area contributed by atoms with E-state index in [-0.39, 0.29) is 0 Å². The quantitative estimate of drug-likeness (QED) is 0.527. The summed E-state index contributed by atoms with van der Waals surface area (Å²) in [5.41, 5.74) is 6.14. The van der Waals surface area contributed by atoms with Gasteiger partial charge in [0.15, 0.2) is 0 Å². The Morgan fingerprint density at radius 1 is 0.769 bits per heavy atom. The second kappa shape index (κ2) is 3.53. The van der Waals surface area contributed by atoms with E-state index < -0.39 is 0 Å². The van der Waals surface area contributed by atoms with E-state index in [1.54, 1.807) is 11.1 Å². The van der Waals surface area contributed by atoms with E-state index in [1.807, 2.05) is 0 Å². The fourth-order valence-electron chi connectivity index (χ4n) is 2.21. The molecule has 1 aliphatic carbocycles. The summed E-state index contributed by atoms with van der Waals surface area (Å²) in [4.78, 5) is 0. The van der Waals surface area contributed by atoms with Gasteiger partial charge in [0.05, 0.1) is 0 Å². The largest absolute Gasteiger partial charge is 0.0556 e. The van der Waals surface area contributed by atoms with E-state index in [9.17, 15) is 0 Å². The van der Waals surface area contributed by atoms with Crippen LogP contribution >= 0.6 is 0 Å². The minimum atomic E-state index is 1.30. The maximum Gasteiger partial charge on any atom is -0.0276 e. The third-order valence-electron chi connectivity index (χ3n) is 3.21. The van der Waals surface area contributed by atoms with Gasteiger partial charge in [-0.3, -0.25) is 0 Å². The van der Waals surface area contributed by atoms with Gasteiger partial charge < -0.3 is 0 Å². The number of hydrogen-bond acceptors (Lipinski definition) is 0.